The Morgan fingerprint density at radius 1 is 1.18 bits per heavy atom. The van der Waals surface area contributed by atoms with E-state index in [1.165, 1.54) is 6.07 Å². The number of pyridine rings is 1. The third-order valence-corrected chi connectivity index (χ3v) is 4.34. The van der Waals surface area contributed by atoms with Gasteiger partial charge in [0.2, 0.25) is 0 Å². The number of carboxylic acid groups (broad SMARTS) is 1. The molecule has 1 N–H and O–H groups in total. The van der Waals surface area contributed by atoms with Crippen LogP contribution in [-0.4, -0.2) is 16.1 Å². The summed E-state index contributed by atoms with van der Waals surface area (Å²) in [5, 5.41) is 10.8. The van der Waals surface area contributed by atoms with Crippen molar-refractivity contribution in [2.75, 3.05) is 0 Å². The van der Waals surface area contributed by atoms with Crippen molar-refractivity contribution < 1.29 is 9.90 Å². The Labute approximate surface area is 137 Å². The average molecular weight is 332 g/mol. The topological polar surface area (TPSA) is 50.2 Å². The van der Waals surface area contributed by atoms with Crippen molar-refractivity contribution in [2.24, 2.45) is 0 Å². The van der Waals surface area contributed by atoms with Crippen LogP contribution in [0.15, 0.2) is 42.6 Å². The number of nitrogens with zero attached hydrogens (tertiary/aromatic N) is 1. The highest BCUT2D eigenvalue weighted by molar-refractivity contribution is 6.44. The Morgan fingerprint density at radius 3 is 2.68 bits per heavy atom. The molecule has 1 aromatic heterocycles. The molecule has 5 heteroatoms. The van der Waals surface area contributed by atoms with Gasteiger partial charge in [-0.1, -0.05) is 35.3 Å². The molecule has 3 nitrogen and oxygen atoms in total. The van der Waals surface area contributed by atoms with E-state index in [-0.39, 0.29) is 5.56 Å². The Bertz CT molecular complexity index is 907. The van der Waals surface area contributed by atoms with Crippen LogP contribution < -0.4 is 0 Å². The Morgan fingerprint density at radius 2 is 1.95 bits per heavy atom. The van der Waals surface area contributed by atoms with Gasteiger partial charge in [0, 0.05) is 17.1 Å². The van der Waals surface area contributed by atoms with Gasteiger partial charge >= 0.3 is 5.97 Å². The van der Waals surface area contributed by atoms with E-state index in [4.69, 9.17) is 23.2 Å². The third kappa shape index (κ3) is 2.43. The lowest BCUT2D eigenvalue weighted by atomic mass is 9.96. The third-order valence-electron chi connectivity index (χ3n) is 3.53. The molecule has 0 fully saturated rings. The summed E-state index contributed by atoms with van der Waals surface area (Å²) in [4.78, 5) is 15.6. The number of hydrogen-bond acceptors (Lipinski definition) is 2. The van der Waals surface area contributed by atoms with Gasteiger partial charge in [0.15, 0.2) is 0 Å². The minimum absolute atomic E-state index is 0.208. The average Bonchev–Trinajstić information content (AvgIpc) is 2.50. The number of aromatic nitrogens is 1. The lowest BCUT2D eigenvalue weighted by Gasteiger charge is -2.13. The van der Waals surface area contributed by atoms with Crippen molar-refractivity contribution in [3.05, 3.63) is 63.8 Å². The first-order chi connectivity index (χ1) is 10.5. The first kappa shape index (κ1) is 14.8. The van der Waals surface area contributed by atoms with Crippen molar-refractivity contribution in [1.82, 2.24) is 4.98 Å². The molecule has 0 unspecified atom stereocenters. The number of carboxylic acids is 1. The van der Waals surface area contributed by atoms with E-state index in [0.29, 0.717) is 15.6 Å². The lowest BCUT2D eigenvalue weighted by molar-refractivity contribution is 0.0697. The fourth-order valence-corrected chi connectivity index (χ4v) is 2.87. The molecule has 0 atom stereocenters. The van der Waals surface area contributed by atoms with Crippen LogP contribution in [0.4, 0.5) is 0 Å². The van der Waals surface area contributed by atoms with Crippen molar-refractivity contribution in [3.63, 3.8) is 0 Å². The lowest BCUT2D eigenvalue weighted by Crippen LogP contribution is -1.97. The van der Waals surface area contributed by atoms with Gasteiger partial charge in [0.25, 0.3) is 0 Å². The molecule has 0 bridgehead atoms. The van der Waals surface area contributed by atoms with Crippen LogP contribution in [0.5, 0.6) is 0 Å². The molecule has 0 aliphatic carbocycles. The van der Waals surface area contributed by atoms with E-state index < -0.39 is 5.97 Å². The van der Waals surface area contributed by atoms with Gasteiger partial charge in [-0.05, 0) is 42.3 Å². The van der Waals surface area contributed by atoms with Crippen LogP contribution in [-0.2, 0) is 0 Å². The number of rotatable bonds is 2. The maximum absolute atomic E-state index is 11.2. The summed E-state index contributed by atoms with van der Waals surface area (Å²) in [6, 6.07) is 10.2. The molecular weight excluding hydrogens is 321 g/mol. The van der Waals surface area contributed by atoms with Gasteiger partial charge in [-0.2, -0.15) is 0 Å². The molecule has 22 heavy (non-hydrogen) atoms. The quantitative estimate of drug-likeness (QED) is 0.700. The number of benzene rings is 2. The number of aryl methyl sites for hydroxylation is 1. The van der Waals surface area contributed by atoms with Gasteiger partial charge in [0.05, 0.1) is 21.1 Å². The van der Waals surface area contributed by atoms with Crippen molar-refractivity contribution >= 4 is 40.1 Å². The smallest absolute Gasteiger partial charge is 0.335 e. The van der Waals surface area contributed by atoms with E-state index in [1.807, 2.05) is 19.1 Å². The summed E-state index contributed by atoms with van der Waals surface area (Å²) in [6.45, 7) is 1.91. The normalized spacial score (nSPS) is 10.9. The molecule has 0 saturated carbocycles. The molecule has 0 aliphatic heterocycles. The summed E-state index contributed by atoms with van der Waals surface area (Å²) >= 11 is 12.4. The van der Waals surface area contributed by atoms with Crippen LogP contribution in [0.1, 0.15) is 15.9 Å². The molecule has 0 radical (unpaired) electrons. The predicted octanol–water partition coefficient (Wildman–Crippen LogP) is 5.22. The fraction of sp³-hybridized carbons (Fsp3) is 0.0588. The summed E-state index contributed by atoms with van der Waals surface area (Å²) in [5.41, 5.74) is 3.43. The molecule has 3 rings (SSSR count). The second kappa shape index (κ2) is 5.59. The Kier molecular flexibility index (Phi) is 3.77. The maximum atomic E-state index is 11.2. The first-order valence-corrected chi connectivity index (χ1v) is 7.31. The molecule has 0 spiro atoms. The van der Waals surface area contributed by atoms with Crippen molar-refractivity contribution in [1.29, 1.82) is 0 Å². The molecule has 0 aliphatic rings. The van der Waals surface area contributed by atoms with Crippen LogP contribution in [0, 0.1) is 6.92 Å². The second-order valence-corrected chi connectivity index (χ2v) is 5.74. The van der Waals surface area contributed by atoms with E-state index >= 15 is 0 Å². The molecule has 0 amide bonds. The zero-order valence-electron chi connectivity index (χ0n) is 11.6. The summed E-state index contributed by atoms with van der Waals surface area (Å²) in [5.74, 6) is -0.980. The number of carbonyl (C=O) groups is 1. The van der Waals surface area contributed by atoms with Crippen molar-refractivity contribution in [3.8, 4) is 11.1 Å². The van der Waals surface area contributed by atoms with E-state index in [9.17, 15) is 9.90 Å². The maximum Gasteiger partial charge on any atom is 0.335 e. The van der Waals surface area contributed by atoms with Gasteiger partial charge in [-0.3, -0.25) is 4.98 Å². The van der Waals surface area contributed by atoms with Crippen LogP contribution in [0.25, 0.3) is 22.0 Å². The molecule has 110 valence electrons. The van der Waals surface area contributed by atoms with Crippen molar-refractivity contribution in [2.45, 2.75) is 6.92 Å². The Hall–Kier alpha value is -2.10. The van der Waals surface area contributed by atoms with Crippen LogP contribution in [0.3, 0.4) is 0 Å². The van der Waals surface area contributed by atoms with Gasteiger partial charge < -0.3 is 5.11 Å². The van der Waals surface area contributed by atoms with Gasteiger partial charge in [-0.15, -0.1) is 0 Å². The summed E-state index contributed by atoms with van der Waals surface area (Å²) in [7, 11) is 0. The van der Waals surface area contributed by atoms with E-state index in [1.54, 1.807) is 24.4 Å². The highest BCUT2D eigenvalue weighted by atomic mass is 35.5. The number of aromatic carboxylic acids is 1. The number of hydrogen-bond donors (Lipinski definition) is 1. The zero-order chi connectivity index (χ0) is 15.9. The van der Waals surface area contributed by atoms with E-state index in [0.717, 1.165) is 22.1 Å². The minimum atomic E-state index is -0.980. The van der Waals surface area contributed by atoms with Crippen LogP contribution >= 0.6 is 23.2 Å². The summed E-state index contributed by atoms with van der Waals surface area (Å²) < 4.78 is 0. The Balaban J connectivity index is 2.41. The SMILES string of the molecule is Cc1cnc2ccc(C(=O)O)cc2c1-c1cccc(Cl)c1Cl. The highest BCUT2D eigenvalue weighted by Crippen LogP contribution is 2.38. The van der Waals surface area contributed by atoms with Gasteiger partial charge in [0.1, 0.15) is 0 Å². The summed E-state index contributed by atoms with van der Waals surface area (Å²) in [6.07, 6.45) is 1.75. The molecular formula is C17H11Cl2NO2. The standard InChI is InChI=1S/C17H11Cl2NO2/c1-9-8-20-14-6-5-10(17(21)22)7-12(14)15(9)11-3-2-4-13(18)16(11)19/h2-8H,1H3,(H,21,22). The minimum Gasteiger partial charge on any atom is -0.478 e. The van der Waals surface area contributed by atoms with Crippen LogP contribution in [0.2, 0.25) is 10.0 Å². The second-order valence-electron chi connectivity index (χ2n) is 4.95. The number of fused-ring (bicyclic) bond motifs is 1. The monoisotopic (exact) mass is 331 g/mol. The zero-order valence-corrected chi connectivity index (χ0v) is 13.1. The molecule has 0 saturated heterocycles. The van der Waals surface area contributed by atoms with Gasteiger partial charge in [-0.25, -0.2) is 4.79 Å². The molecule has 1 heterocycles. The number of halogens is 2. The molecule has 3 aromatic rings. The first-order valence-electron chi connectivity index (χ1n) is 6.56. The van der Waals surface area contributed by atoms with E-state index in [2.05, 4.69) is 4.98 Å². The fourth-order valence-electron chi connectivity index (χ4n) is 2.48. The highest BCUT2D eigenvalue weighted by Gasteiger charge is 2.15. The largest absolute Gasteiger partial charge is 0.478 e. The molecule has 2 aromatic carbocycles. The predicted molar refractivity (Wildman–Crippen MR) is 88.9 cm³/mol.